The molecule has 2 nitrogen and oxygen atoms in total. The minimum absolute atomic E-state index is 0.254. The lowest BCUT2D eigenvalue weighted by molar-refractivity contribution is 0.454. The fraction of sp³-hybridized carbons (Fsp3) is 0.333. The Morgan fingerprint density at radius 1 is 1.62 bits per heavy atom. The average Bonchev–Trinajstić information content (AvgIpc) is 2.13. The quantitative estimate of drug-likeness (QED) is 0.776. The van der Waals surface area contributed by atoms with E-state index in [4.69, 9.17) is 17.3 Å². The molecule has 72 valence electrons. The maximum Gasteiger partial charge on any atom is 0.145 e. The Labute approximate surface area is 81.1 Å². The van der Waals surface area contributed by atoms with Crippen LogP contribution in [0.4, 0.5) is 4.39 Å². The SMILES string of the molecule is CC[C@H](N)c1ccc(F)c(Cl)c1O. The van der Waals surface area contributed by atoms with E-state index in [0.717, 1.165) is 0 Å². The van der Waals surface area contributed by atoms with Crippen LogP contribution in [0.5, 0.6) is 5.75 Å². The van der Waals surface area contributed by atoms with Crippen LogP contribution in [0.2, 0.25) is 5.02 Å². The summed E-state index contributed by atoms with van der Waals surface area (Å²) in [6, 6.07) is 2.34. The highest BCUT2D eigenvalue weighted by atomic mass is 35.5. The summed E-state index contributed by atoms with van der Waals surface area (Å²) in [7, 11) is 0. The summed E-state index contributed by atoms with van der Waals surface area (Å²) in [5, 5.41) is 9.17. The van der Waals surface area contributed by atoms with Crippen LogP contribution >= 0.6 is 11.6 Å². The first-order valence-electron chi connectivity index (χ1n) is 4.00. The van der Waals surface area contributed by atoms with Gasteiger partial charge in [-0.2, -0.15) is 0 Å². The van der Waals surface area contributed by atoms with Crippen molar-refractivity contribution in [1.82, 2.24) is 0 Å². The van der Waals surface area contributed by atoms with Crippen molar-refractivity contribution in [2.24, 2.45) is 5.73 Å². The van der Waals surface area contributed by atoms with Crippen molar-refractivity contribution >= 4 is 11.6 Å². The molecular formula is C9H11ClFNO. The van der Waals surface area contributed by atoms with Crippen LogP contribution in [0.3, 0.4) is 0 Å². The number of benzene rings is 1. The molecule has 0 saturated carbocycles. The van der Waals surface area contributed by atoms with E-state index in [-0.39, 0.29) is 16.8 Å². The van der Waals surface area contributed by atoms with Gasteiger partial charge in [-0.3, -0.25) is 0 Å². The molecule has 4 heteroatoms. The molecule has 1 atom stereocenters. The highest BCUT2D eigenvalue weighted by molar-refractivity contribution is 6.32. The van der Waals surface area contributed by atoms with Gasteiger partial charge in [0.05, 0.1) is 0 Å². The van der Waals surface area contributed by atoms with Crippen LogP contribution in [0, 0.1) is 5.82 Å². The maximum absolute atomic E-state index is 12.8. The zero-order valence-corrected chi connectivity index (χ0v) is 7.98. The van der Waals surface area contributed by atoms with Gasteiger partial charge in [0.25, 0.3) is 0 Å². The molecule has 0 saturated heterocycles. The lowest BCUT2D eigenvalue weighted by Gasteiger charge is -2.12. The van der Waals surface area contributed by atoms with Gasteiger partial charge in [0.1, 0.15) is 16.6 Å². The lowest BCUT2D eigenvalue weighted by Crippen LogP contribution is -2.09. The monoisotopic (exact) mass is 203 g/mol. The van der Waals surface area contributed by atoms with Crippen molar-refractivity contribution in [3.05, 3.63) is 28.5 Å². The topological polar surface area (TPSA) is 46.2 Å². The third kappa shape index (κ3) is 1.92. The highest BCUT2D eigenvalue weighted by Crippen LogP contribution is 2.33. The van der Waals surface area contributed by atoms with Crippen LogP contribution in [-0.4, -0.2) is 5.11 Å². The van der Waals surface area contributed by atoms with E-state index in [9.17, 15) is 9.50 Å². The summed E-state index contributed by atoms with van der Waals surface area (Å²) in [5.41, 5.74) is 6.15. The molecule has 0 aromatic heterocycles. The third-order valence-electron chi connectivity index (χ3n) is 1.94. The molecule has 0 amide bonds. The minimum Gasteiger partial charge on any atom is -0.506 e. The second-order valence-corrected chi connectivity index (χ2v) is 3.19. The number of hydrogen-bond acceptors (Lipinski definition) is 2. The van der Waals surface area contributed by atoms with Gasteiger partial charge in [-0.25, -0.2) is 4.39 Å². The number of nitrogens with two attached hydrogens (primary N) is 1. The Bertz CT molecular complexity index is 317. The molecule has 1 aromatic carbocycles. The second kappa shape index (κ2) is 3.94. The van der Waals surface area contributed by atoms with Gasteiger partial charge in [0.15, 0.2) is 0 Å². The summed E-state index contributed by atoms with van der Waals surface area (Å²) >= 11 is 5.50. The largest absolute Gasteiger partial charge is 0.506 e. The van der Waals surface area contributed by atoms with E-state index < -0.39 is 5.82 Å². The second-order valence-electron chi connectivity index (χ2n) is 2.81. The molecule has 13 heavy (non-hydrogen) atoms. The Balaban J connectivity index is 3.18. The van der Waals surface area contributed by atoms with E-state index in [1.807, 2.05) is 6.92 Å². The van der Waals surface area contributed by atoms with Crippen molar-refractivity contribution in [2.75, 3.05) is 0 Å². The van der Waals surface area contributed by atoms with Crippen LogP contribution in [-0.2, 0) is 0 Å². The predicted molar refractivity (Wildman–Crippen MR) is 50.3 cm³/mol. The molecule has 1 rings (SSSR count). The number of aromatic hydroxyl groups is 1. The van der Waals surface area contributed by atoms with Crippen LogP contribution in [0.25, 0.3) is 0 Å². The fourth-order valence-corrected chi connectivity index (χ4v) is 1.25. The van der Waals surface area contributed by atoms with Crippen LogP contribution in [0.15, 0.2) is 12.1 Å². The van der Waals surface area contributed by atoms with E-state index in [1.165, 1.54) is 12.1 Å². The van der Waals surface area contributed by atoms with Crippen molar-refractivity contribution in [1.29, 1.82) is 0 Å². The van der Waals surface area contributed by atoms with E-state index in [2.05, 4.69) is 0 Å². The zero-order chi connectivity index (χ0) is 10.0. The minimum atomic E-state index is -0.633. The highest BCUT2D eigenvalue weighted by Gasteiger charge is 2.14. The van der Waals surface area contributed by atoms with Gasteiger partial charge >= 0.3 is 0 Å². The Morgan fingerprint density at radius 2 is 2.23 bits per heavy atom. The summed E-state index contributed by atoms with van der Waals surface area (Å²) in [6.45, 7) is 1.88. The Kier molecular flexibility index (Phi) is 3.12. The standard InChI is InChI=1S/C9H11ClFNO/c1-2-7(12)5-3-4-6(11)8(10)9(5)13/h3-4,7,13H,2,12H2,1H3/t7-/m0/s1. The Hall–Kier alpha value is -0.800. The molecule has 0 bridgehead atoms. The van der Waals surface area contributed by atoms with E-state index in [1.54, 1.807) is 0 Å². The molecule has 0 radical (unpaired) electrons. The predicted octanol–water partition coefficient (Wildman–Crippen LogP) is 2.59. The molecule has 0 aliphatic heterocycles. The van der Waals surface area contributed by atoms with Gasteiger partial charge in [0.2, 0.25) is 0 Å². The molecule has 0 spiro atoms. The first-order valence-corrected chi connectivity index (χ1v) is 4.38. The maximum atomic E-state index is 12.8. The number of phenolic OH excluding ortho intramolecular Hbond substituents is 1. The van der Waals surface area contributed by atoms with Crippen molar-refractivity contribution < 1.29 is 9.50 Å². The molecule has 1 aromatic rings. The molecule has 0 heterocycles. The van der Waals surface area contributed by atoms with E-state index >= 15 is 0 Å². The summed E-state index contributed by atoms with van der Waals surface area (Å²) in [5.74, 6) is -0.887. The number of rotatable bonds is 2. The number of phenols is 1. The lowest BCUT2D eigenvalue weighted by atomic mass is 10.0. The van der Waals surface area contributed by atoms with Gasteiger partial charge in [-0.1, -0.05) is 24.6 Å². The van der Waals surface area contributed by atoms with Gasteiger partial charge in [-0.15, -0.1) is 0 Å². The van der Waals surface area contributed by atoms with Crippen molar-refractivity contribution in [3.63, 3.8) is 0 Å². The summed E-state index contributed by atoms with van der Waals surface area (Å²) in [6.07, 6.45) is 0.662. The molecule has 0 aliphatic carbocycles. The molecule has 0 fully saturated rings. The molecular weight excluding hydrogens is 193 g/mol. The Morgan fingerprint density at radius 3 is 2.77 bits per heavy atom. The van der Waals surface area contributed by atoms with Gasteiger partial charge < -0.3 is 10.8 Å². The van der Waals surface area contributed by atoms with Crippen molar-refractivity contribution in [2.45, 2.75) is 19.4 Å². The number of halogens is 2. The first kappa shape index (κ1) is 10.3. The van der Waals surface area contributed by atoms with Gasteiger partial charge in [-0.05, 0) is 12.5 Å². The summed E-state index contributed by atoms with van der Waals surface area (Å²) < 4.78 is 12.8. The normalized spacial score (nSPS) is 12.9. The first-order chi connectivity index (χ1) is 6.07. The summed E-state index contributed by atoms with van der Waals surface area (Å²) in [4.78, 5) is 0. The van der Waals surface area contributed by atoms with E-state index in [0.29, 0.717) is 12.0 Å². The molecule has 0 unspecified atom stereocenters. The average molecular weight is 204 g/mol. The van der Waals surface area contributed by atoms with Gasteiger partial charge in [0, 0.05) is 11.6 Å². The zero-order valence-electron chi connectivity index (χ0n) is 7.22. The van der Waals surface area contributed by atoms with Crippen LogP contribution in [0.1, 0.15) is 24.9 Å². The molecule has 3 N–H and O–H groups in total. The number of hydrogen-bond donors (Lipinski definition) is 2. The fourth-order valence-electron chi connectivity index (χ4n) is 1.07. The third-order valence-corrected chi connectivity index (χ3v) is 2.30. The molecule has 0 aliphatic rings. The van der Waals surface area contributed by atoms with Crippen LogP contribution < -0.4 is 5.73 Å². The van der Waals surface area contributed by atoms with Crippen molar-refractivity contribution in [3.8, 4) is 5.75 Å². The smallest absolute Gasteiger partial charge is 0.145 e.